The van der Waals surface area contributed by atoms with Crippen molar-refractivity contribution >= 4 is 29.2 Å². The smallest absolute Gasteiger partial charge is 0.338 e. The van der Waals surface area contributed by atoms with E-state index in [4.69, 9.17) is 16.3 Å². The fourth-order valence-electron chi connectivity index (χ4n) is 2.82. The van der Waals surface area contributed by atoms with Gasteiger partial charge in [0.15, 0.2) is 6.61 Å². The molecule has 1 saturated heterocycles. The summed E-state index contributed by atoms with van der Waals surface area (Å²) in [7, 11) is 0. The molecule has 0 N–H and O–H groups in total. The number of carbonyl (C=O) groups excluding carboxylic acids is 2. The van der Waals surface area contributed by atoms with E-state index in [0.717, 1.165) is 11.8 Å². The van der Waals surface area contributed by atoms with Crippen LogP contribution in [0.1, 0.15) is 10.4 Å². The molecule has 7 heteroatoms. The van der Waals surface area contributed by atoms with Gasteiger partial charge < -0.3 is 14.5 Å². The van der Waals surface area contributed by atoms with Crippen LogP contribution in [-0.2, 0) is 9.53 Å². The Kier molecular flexibility index (Phi) is 5.73. The Labute approximate surface area is 155 Å². The van der Waals surface area contributed by atoms with Crippen LogP contribution in [0.2, 0.25) is 5.02 Å². The molecule has 5 nitrogen and oxygen atoms in total. The fraction of sp³-hybridized carbons (Fsp3) is 0.263. The van der Waals surface area contributed by atoms with E-state index < -0.39 is 11.8 Å². The molecule has 1 aliphatic heterocycles. The number of rotatable bonds is 4. The van der Waals surface area contributed by atoms with Gasteiger partial charge in [0, 0.05) is 26.2 Å². The van der Waals surface area contributed by atoms with Crippen molar-refractivity contribution in [3.8, 4) is 0 Å². The second-order valence-corrected chi connectivity index (χ2v) is 6.31. The molecule has 0 radical (unpaired) electrons. The Morgan fingerprint density at radius 2 is 1.77 bits per heavy atom. The lowest BCUT2D eigenvalue weighted by Crippen LogP contribution is -2.50. The van der Waals surface area contributed by atoms with Crippen molar-refractivity contribution in [3.05, 3.63) is 64.9 Å². The predicted octanol–water partition coefficient (Wildman–Crippen LogP) is 2.98. The van der Waals surface area contributed by atoms with Crippen molar-refractivity contribution in [3.63, 3.8) is 0 Å². The second-order valence-electron chi connectivity index (χ2n) is 5.91. The van der Waals surface area contributed by atoms with Gasteiger partial charge in [-0.3, -0.25) is 4.79 Å². The van der Waals surface area contributed by atoms with E-state index in [2.05, 4.69) is 4.90 Å². The summed E-state index contributed by atoms with van der Waals surface area (Å²) < 4.78 is 18.1. The SMILES string of the molecule is O=C(OCC(=O)N1CCN(c2ccccc2Cl)CC1)c1cccc(F)c1. The lowest BCUT2D eigenvalue weighted by molar-refractivity contribution is -0.134. The minimum atomic E-state index is -0.715. The summed E-state index contributed by atoms with van der Waals surface area (Å²) >= 11 is 6.20. The Bertz CT molecular complexity index is 807. The Morgan fingerprint density at radius 3 is 2.46 bits per heavy atom. The third-order valence-corrected chi connectivity index (χ3v) is 4.53. The average Bonchev–Trinajstić information content (AvgIpc) is 2.66. The lowest BCUT2D eigenvalue weighted by Gasteiger charge is -2.36. The monoisotopic (exact) mass is 376 g/mol. The van der Waals surface area contributed by atoms with Crippen molar-refractivity contribution in [2.45, 2.75) is 0 Å². The Balaban J connectivity index is 1.49. The minimum Gasteiger partial charge on any atom is -0.452 e. The zero-order valence-corrected chi connectivity index (χ0v) is 14.8. The summed E-state index contributed by atoms with van der Waals surface area (Å²) in [4.78, 5) is 27.9. The first-order valence-corrected chi connectivity index (χ1v) is 8.62. The van der Waals surface area contributed by atoms with Gasteiger partial charge in [-0.1, -0.05) is 29.8 Å². The normalized spacial score (nSPS) is 14.2. The van der Waals surface area contributed by atoms with Gasteiger partial charge in [-0.2, -0.15) is 0 Å². The molecule has 0 aromatic heterocycles. The highest BCUT2D eigenvalue weighted by atomic mass is 35.5. The molecule has 1 fully saturated rings. The second kappa shape index (κ2) is 8.19. The predicted molar refractivity (Wildman–Crippen MR) is 96.9 cm³/mol. The lowest BCUT2D eigenvalue weighted by atomic mass is 10.2. The third-order valence-electron chi connectivity index (χ3n) is 4.21. The number of para-hydroxylation sites is 1. The number of hydrogen-bond acceptors (Lipinski definition) is 4. The van der Waals surface area contributed by atoms with Crippen molar-refractivity contribution in [1.82, 2.24) is 4.90 Å². The molecule has 0 saturated carbocycles. The van der Waals surface area contributed by atoms with Gasteiger partial charge >= 0.3 is 5.97 Å². The quantitative estimate of drug-likeness (QED) is 0.770. The van der Waals surface area contributed by atoms with E-state index >= 15 is 0 Å². The van der Waals surface area contributed by atoms with E-state index in [1.807, 2.05) is 24.3 Å². The van der Waals surface area contributed by atoms with Gasteiger partial charge in [-0.05, 0) is 30.3 Å². The van der Waals surface area contributed by atoms with Gasteiger partial charge in [-0.15, -0.1) is 0 Å². The van der Waals surface area contributed by atoms with Gasteiger partial charge in [0.1, 0.15) is 5.82 Å². The van der Waals surface area contributed by atoms with E-state index in [0.29, 0.717) is 31.2 Å². The van der Waals surface area contributed by atoms with Crippen LogP contribution >= 0.6 is 11.6 Å². The first-order chi connectivity index (χ1) is 12.5. The molecule has 0 spiro atoms. The summed E-state index contributed by atoms with van der Waals surface area (Å²) in [6.07, 6.45) is 0. The average molecular weight is 377 g/mol. The molecule has 2 aromatic carbocycles. The van der Waals surface area contributed by atoms with Crippen LogP contribution in [0, 0.1) is 5.82 Å². The summed E-state index contributed by atoms with van der Waals surface area (Å²) in [5.74, 6) is -1.51. The summed E-state index contributed by atoms with van der Waals surface area (Å²) in [5.41, 5.74) is 1.03. The van der Waals surface area contributed by atoms with Crippen LogP contribution < -0.4 is 4.90 Å². The van der Waals surface area contributed by atoms with E-state index in [1.54, 1.807) is 4.90 Å². The number of nitrogens with zero attached hydrogens (tertiary/aromatic N) is 2. The maximum Gasteiger partial charge on any atom is 0.338 e. The molecule has 3 rings (SSSR count). The number of esters is 1. The number of benzene rings is 2. The molecule has 1 amide bonds. The Hall–Kier alpha value is -2.60. The van der Waals surface area contributed by atoms with Crippen molar-refractivity contribution < 1.29 is 18.7 Å². The zero-order valence-electron chi connectivity index (χ0n) is 14.0. The Morgan fingerprint density at radius 1 is 1.04 bits per heavy atom. The van der Waals surface area contributed by atoms with Crippen molar-refractivity contribution in [1.29, 1.82) is 0 Å². The van der Waals surface area contributed by atoms with Crippen LogP contribution in [0.3, 0.4) is 0 Å². The molecule has 0 aliphatic carbocycles. The molecule has 26 heavy (non-hydrogen) atoms. The van der Waals surface area contributed by atoms with E-state index in [-0.39, 0.29) is 18.1 Å². The van der Waals surface area contributed by atoms with E-state index in [1.165, 1.54) is 18.2 Å². The number of anilines is 1. The summed E-state index contributed by atoms with van der Waals surface area (Å²) in [5, 5.41) is 0.677. The molecule has 2 aromatic rings. The standard InChI is InChI=1S/C19H18ClFN2O3/c20-16-6-1-2-7-17(16)22-8-10-23(11-9-22)18(24)13-26-19(25)14-4-3-5-15(21)12-14/h1-7,12H,8-11,13H2. The van der Waals surface area contributed by atoms with Crippen LogP contribution in [0.5, 0.6) is 0 Å². The highest BCUT2D eigenvalue weighted by molar-refractivity contribution is 6.33. The van der Waals surface area contributed by atoms with Crippen LogP contribution in [0.15, 0.2) is 48.5 Å². The van der Waals surface area contributed by atoms with E-state index in [9.17, 15) is 14.0 Å². The van der Waals surface area contributed by atoms with Crippen LogP contribution in [-0.4, -0.2) is 49.6 Å². The molecular weight excluding hydrogens is 359 g/mol. The fourth-order valence-corrected chi connectivity index (χ4v) is 3.08. The molecule has 0 atom stereocenters. The van der Waals surface area contributed by atoms with Gasteiger partial charge in [0.05, 0.1) is 16.3 Å². The van der Waals surface area contributed by atoms with Crippen molar-refractivity contribution in [2.24, 2.45) is 0 Å². The molecule has 0 bridgehead atoms. The number of halogens is 2. The number of hydrogen-bond donors (Lipinski definition) is 0. The highest BCUT2D eigenvalue weighted by Gasteiger charge is 2.23. The van der Waals surface area contributed by atoms with Gasteiger partial charge in [-0.25, -0.2) is 9.18 Å². The van der Waals surface area contributed by atoms with Gasteiger partial charge in [0.25, 0.3) is 5.91 Å². The molecule has 136 valence electrons. The molecule has 1 heterocycles. The molecule has 1 aliphatic rings. The zero-order chi connectivity index (χ0) is 18.5. The minimum absolute atomic E-state index is 0.0846. The van der Waals surface area contributed by atoms with Crippen LogP contribution in [0.25, 0.3) is 0 Å². The molecule has 0 unspecified atom stereocenters. The summed E-state index contributed by atoms with van der Waals surface area (Å²) in [6.45, 7) is 1.96. The number of carbonyl (C=O) groups is 2. The number of ether oxygens (including phenoxy) is 1. The molecular formula is C19H18ClFN2O3. The first kappa shape index (κ1) is 18.2. The van der Waals surface area contributed by atoms with Gasteiger partial charge in [0.2, 0.25) is 0 Å². The first-order valence-electron chi connectivity index (χ1n) is 8.24. The van der Waals surface area contributed by atoms with Crippen molar-refractivity contribution in [2.75, 3.05) is 37.7 Å². The third kappa shape index (κ3) is 4.32. The number of piperazine rings is 1. The summed E-state index contributed by atoms with van der Waals surface area (Å²) in [6, 6.07) is 12.7. The largest absolute Gasteiger partial charge is 0.452 e. The maximum atomic E-state index is 13.1. The maximum absolute atomic E-state index is 13.1. The highest BCUT2D eigenvalue weighted by Crippen LogP contribution is 2.26. The number of amides is 1. The van der Waals surface area contributed by atoms with Crippen LogP contribution in [0.4, 0.5) is 10.1 Å². The topological polar surface area (TPSA) is 49.9 Å².